The molecule has 0 saturated carbocycles. The number of hydrogen-bond acceptors (Lipinski definition) is 6. The highest BCUT2D eigenvalue weighted by atomic mass is 16.5. The van der Waals surface area contributed by atoms with Gasteiger partial charge in [0.15, 0.2) is 17.3 Å². The number of ether oxygens (including phenoxy) is 4. The van der Waals surface area contributed by atoms with E-state index in [0.29, 0.717) is 46.1 Å². The van der Waals surface area contributed by atoms with Crippen molar-refractivity contribution in [3.8, 4) is 34.3 Å². The van der Waals surface area contributed by atoms with Gasteiger partial charge >= 0.3 is 0 Å². The van der Waals surface area contributed by atoms with E-state index in [-0.39, 0.29) is 11.2 Å². The van der Waals surface area contributed by atoms with Gasteiger partial charge < -0.3 is 23.4 Å². The van der Waals surface area contributed by atoms with Crippen LogP contribution in [0.4, 0.5) is 0 Å². The molecule has 0 spiro atoms. The molecule has 0 unspecified atom stereocenters. The zero-order chi connectivity index (χ0) is 18.7. The molecule has 0 saturated heterocycles. The lowest BCUT2D eigenvalue weighted by Gasteiger charge is -2.15. The zero-order valence-corrected chi connectivity index (χ0v) is 15.1. The smallest absolute Gasteiger partial charge is 0.235 e. The van der Waals surface area contributed by atoms with Crippen LogP contribution in [0.3, 0.4) is 0 Å². The molecule has 6 nitrogen and oxygen atoms in total. The van der Waals surface area contributed by atoms with Gasteiger partial charge in [-0.1, -0.05) is 12.1 Å². The Morgan fingerprint density at radius 2 is 1.58 bits per heavy atom. The van der Waals surface area contributed by atoms with E-state index in [0.717, 1.165) is 0 Å². The average Bonchev–Trinajstić information content (AvgIpc) is 2.68. The lowest BCUT2D eigenvalue weighted by molar-refractivity contribution is 0.323. The quantitative estimate of drug-likeness (QED) is 0.668. The SMILES string of the molecule is CCOc1c(-c2cc(OC)c(OC)c(OC)c2)oc2ccccc2c1=O. The van der Waals surface area contributed by atoms with E-state index in [2.05, 4.69) is 0 Å². The van der Waals surface area contributed by atoms with Crippen molar-refractivity contribution in [2.75, 3.05) is 27.9 Å². The molecule has 1 heterocycles. The number of para-hydroxylation sites is 1. The van der Waals surface area contributed by atoms with Crippen LogP contribution in [0.15, 0.2) is 45.6 Å². The van der Waals surface area contributed by atoms with Crippen molar-refractivity contribution in [1.29, 1.82) is 0 Å². The Kier molecular flexibility index (Phi) is 5.02. The fourth-order valence-corrected chi connectivity index (χ4v) is 2.80. The van der Waals surface area contributed by atoms with Gasteiger partial charge in [-0.05, 0) is 31.2 Å². The van der Waals surface area contributed by atoms with Crippen LogP contribution < -0.4 is 24.4 Å². The molecule has 0 aliphatic carbocycles. The molecule has 26 heavy (non-hydrogen) atoms. The second-order valence-electron chi connectivity index (χ2n) is 5.43. The summed E-state index contributed by atoms with van der Waals surface area (Å²) in [6, 6.07) is 10.5. The third-order valence-electron chi connectivity index (χ3n) is 3.97. The third kappa shape index (κ3) is 2.94. The van der Waals surface area contributed by atoms with Crippen molar-refractivity contribution in [2.45, 2.75) is 6.92 Å². The monoisotopic (exact) mass is 356 g/mol. The summed E-state index contributed by atoms with van der Waals surface area (Å²) in [5, 5.41) is 0.465. The van der Waals surface area contributed by atoms with E-state index in [9.17, 15) is 4.79 Å². The first-order valence-electron chi connectivity index (χ1n) is 8.13. The summed E-state index contributed by atoms with van der Waals surface area (Å²) in [5.41, 5.74) is 0.841. The second kappa shape index (κ2) is 7.39. The van der Waals surface area contributed by atoms with Crippen LogP contribution >= 0.6 is 0 Å². The summed E-state index contributed by atoms with van der Waals surface area (Å²) >= 11 is 0. The molecule has 0 N–H and O–H groups in total. The lowest BCUT2D eigenvalue weighted by Crippen LogP contribution is -2.10. The van der Waals surface area contributed by atoms with E-state index >= 15 is 0 Å². The zero-order valence-electron chi connectivity index (χ0n) is 15.1. The topological polar surface area (TPSA) is 67.1 Å². The van der Waals surface area contributed by atoms with E-state index < -0.39 is 0 Å². The van der Waals surface area contributed by atoms with Crippen molar-refractivity contribution in [3.05, 3.63) is 46.6 Å². The number of hydrogen-bond donors (Lipinski definition) is 0. The molecule has 0 radical (unpaired) electrons. The Morgan fingerprint density at radius 1 is 0.923 bits per heavy atom. The number of fused-ring (bicyclic) bond motifs is 1. The van der Waals surface area contributed by atoms with Gasteiger partial charge in [-0.3, -0.25) is 4.79 Å². The Balaban J connectivity index is 2.34. The highest BCUT2D eigenvalue weighted by molar-refractivity contribution is 5.82. The summed E-state index contributed by atoms with van der Waals surface area (Å²) in [4.78, 5) is 12.9. The van der Waals surface area contributed by atoms with Crippen LogP contribution in [0.25, 0.3) is 22.3 Å². The Bertz CT molecular complexity index is 964. The molecule has 6 heteroatoms. The first-order chi connectivity index (χ1) is 12.6. The maximum atomic E-state index is 12.9. The summed E-state index contributed by atoms with van der Waals surface area (Å²) < 4.78 is 27.8. The minimum absolute atomic E-state index is 0.153. The van der Waals surface area contributed by atoms with E-state index in [1.54, 1.807) is 30.3 Å². The fraction of sp³-hybridized carbons (Fsp3) is 0.250. The van der Waals surface area contributed by atoms with Gasteiger partial charge in [-0.25, -0.2) is 0 Å². The molecule has 2 aromatic carbocycles. The standard InChI is InChI=1S/C20H20O6/c1-5-25-20-17(21)13-8-6-7-9-14(13)26-18(20)12-10-15(22-2)19(24-4)16(11-12)23-3/h6-11H,5H2,1-4H3. The predicted octanol–water partition coefficient (Wildman–Crippen LogP) is 3.88. The molecule has 136 valence electrons. The Morgan fingerprint density at radius 3 is 2.15 bits per heavy atom. The van der Waals surface area contributed by atoms with Crippen LogP contribution in [-0.4, -0.2) is 27.9 Å². The molecule has 0 amide bonds. The normalized spacial score (nSPS) is 10.6. The first kappa shape index (κ1) is 17.7. The van der Waals surface area contributed by atoms with Gasteiger partial charge in [0.05, 0.1) is 33.3 Å². The molecule has 0 aliphatic rings. The van der Waals surface area contributed by atoms with Crippen LogP contribution in [0, 0.1) is 0 Å². The minimum atomic E-state index is -0.225. The summed E-state index contributed by atoms with van der Waals surface area (Å²) in [7, 11) is 4.59. The Labute approximate surface area is 150 Å². The van der Waals surface area contributed by atoms with Gasteiger partial charge in [0.1, 0.15) is 5.58 Å². The highest BCUT2D eigenvalue weighted by Crippen LogP contribution is 2.43. The second-order valence-corrected chi connectivity index (χ2v) is 5.43. The minimum Gasteiger partial charge on any atom is -0.493 e. The Hall–Kier alpha value is -3.15. The fourth-order valence-electron chi connectivity index (χ4n) is 2.80. The van der Waals surface area contributed by atoms with Crippen molar-refractivity contribution < 1.29 is 23.4 Å². The number of rotatable bonds is 6. The van der Waals surface area contributed by atoms with Crippen molar-refractivity contribution in [3.63, 3.8) is 0 Å². The molecule has 0 atom stereocenters. The first-order valence-corrected chi connectivity index (χ1v) is 8.13. The highest BCUT2D eigenvalue weighted by Gasteiger charge is 2.21. The molecular formula is C20H20O6. The van der Waals surface area contributed by atoms with Crippen molar-refractivity contribution in [2.24, 2.45) is 0 Å². The number of benzene rings is 2. The van der Waals surface area contributed by atoms with E-state index in [1.807, 2.05) is 13.0 Å². The van der Waals surface area contributed by atoms with E-state index in [1.165, 1.54) is 21.3 Å². The molecule has 3 aromatic rings. The molecular weight excluding hydrogens is 336 g/mol. The van der Waals surface area contributed by atoms with Crippen LogP contribution in [0.5, 0.6) is 23.0 Å². The molecule has 0 aliphatic heterocycles. The summed E-state index contributed by atoms with van der Waals surface area (Å²) in [6.07, 6.45) is 0. The lowest BCUT2D eigenvalue weighted by atomic mass is 10.1. The van der Waals surface area contributed by atoms with Crippen molar-refractivity contribution in [1.82, 2.24) is 0 Å². The van der Waals surface area contributed by atoms with Gasteiger partial charge in [-0.15, -0.1) is 0 Å². The van der Waals surface area contributed by atoms with Crippen molar-refractivity contribution >= 4 is 11.0 Å². The summed E-state index contributed by atoms with van der Waals surface area (Å²) in [6.45, 7) is 2.15. The molecule has 3 rings (SSSR count). The third-order valence-corrected chi connectivity index (χ3v) is 3.97. The van der Waals surface area contributed by atoms with Gasteiger partial charge in [-0.2, -0.15) is 0 Å². The van der Waals surface area contributed by atoms with Crippen LogP contribution in [0.1, 0.15) is 6.92 Å². The van der Waals surface area contributed by atoms with Gasteiger partial charge in [0.2, 0.25) is 16.9 Å². The van der Waals surface area contributed by atoms with Gasteiger partial charge in [0.25, 0.3) is 0 Å². The maximum Gasteiger partial charge on any atom is 0.235 e. The van der Waals surface area contributed by atoms with Crippen LogP contribution in [0.2, 0.25) is 0 Å². The summed E-state index contributed by atoms with van der Waals surface area (Å²) in [5.74, 6) is 1.84. The average molecular weight is 356 g/mol. The maximum absolute atomic E-state index is 12.9. The molecule has 0 fully saturated rings. The molecule has 1 aromatic heterocycles. The largest absolute Gasteiger partial charge is 0.493 e. The van der Waals surface area contributed by atoms with Crippen LogP contribution in [-0.2, 0) is 0 Å². The van der Waals surface area contributed by atoms with Gasteiger partial charge in [0, 0.05) is 5.56 Å². The molecule has 0 bridgehead atoms. The predicted molar refractivity (Wildman–Crippen MR) is 98.7 cm³/mol. The van der Waals surface area contributed by atoms with E-state index in [4.69, 9.17) is 23.4 Å². The number of methoxy groups -OCH3 is 3.